The second-order valence-electron chi connectivity index (χ2n) is 5.66. The van der Waals surface area contributed by atoms with Gasteiger partial charge in [-0.25, -0.2) is 4.39 Å². The van der Waals surface area contributed by atoms with Crippen molar-refractivity contribution >= 4 is 24.8 Å². The monoisotopic (exact) mass is 366 g/mol. The third kappa shape index (κ3) is 6.11. The van der Waals surface area contributed by atoms with Crippen LogP contribution in [0.25, 0.3) is 0 Å². The normalized spacial score (nSPS) is 16.1. The summed E-state index contributed by atoms with van der Waals surface area (Å²) in [6, 6.07) is 5.66. The molecule has 0 spiro atoms. The standard InChI is InChI=1S/C17H27FN2O.2ClH/c1-3-4-5-8-15(20-12-10-19-11-13-20)14-7-6-9-16(21-2)17(14)18;;/h6-7,9,15,19H,3-5,8,10-13H2,1-2H3;2*1H/t15-;;/m1../s1. The molecule has 6 heteroatoms. The second-order valence-corrected chi connectivity index (χ2v) is 5.66. The first-order valence-corrected chi connectivity index (χ1v) is 8.05. The molecule has 0 unspecified atom stereocenters. The van der Waals surface area contributed by atoms with E-state index in [0.717, 1.165) is 44.6 Å². The maximum atomic E-state index is 14.6. The van der Waals surface area contributed by atoms with Gasteiger partial charge in [0.1, 0.15) is 0 Å². The van der Waals surface area contributed by atoms with Crippen LogP contribution < -0.4 is 10.1 Å². The highest BCUT2D eigenvalue weighted by Crippen LogP contribution is 2.32. The molecular formula is C17H29Cl2FN2O. The highest BCUT2D eigenvalue weighted by molar-refractivity contribution is 5.85. The summed E-state index contributed by atoms with van der Waals surface area (Å²) in [7, 11) is 1.53. The van der Waals surface area contributed by atoms with E-state index in [4.69, 9.17) is 4.74 Å². The molecule has 134 valence electrons. The van der Waals surface area contributed by atoms with Crippen molar-refractivity contribution in [1.82, 2.24) is 10.2 Å². The zero-order chi connectivity index (χ0) is 15.1. The molecule has 1 aliphatic rings. The Labute approximate surface area is 151 Å². The van der Waals surface area contributed by atoms with E-state index in [2.05, 4.69) is 17.1 Å². The van der Waals surface area contributed by atoms with Crippen LogP contribution >= 0.6 is 24.8 Å². The van der Waals surface area contributed by atoms with Crippen LogP contribution in [0.5, 0.6) is 5.75 Å². The number of hydrogen-bond donors (Lipinski definition) is 1. The van der Waals surface area contributed by atoms with Gasteiger partial charge < -0.3 is 10.1 Å². The van der Waals surface area contributed by atoms with E-state index in [9.17, 15) is 4.39 Å². The van der Waals surface area contributed by atoms with Gasteiger partial charge in [0.25, 0.3) is 0 Å². The Kier molecular flexibility index (Phi) is 11.6. The summed E-state index contributed by atoms with van der Waals surface area (Å²) < 4.78 is 19.8. The van der Waals surface area contributed by atoms with Crippen molar-refractivity contribution in [3.8, 4) is 5.75 Å². The van der Waals surface area contributed by atoms with Crippen LogP contribution in [0.15, 0.2) is 18.2 Å². The Hall–Kier alpha value is -0.550. The average molecular weight is 367 g/mol. The average Bonchev–Trinajstić information content (AvgIpc) is 2.53. The van der Waals surface area contributed by atoms with E-state index in [1.165, 1.54) is 20.0 Å². The number of hydrogen-bond acceptors (Lipinski definition) is 3. The quantitative estimate of drug-likeness (QED) is 0.731. The molecule has 1 atom stereocenters. The van der Waals surface area contributed by atoms with Crippen molar-refractivity contribution in [3.63, 3.8) is 0 Å². The Bertz CT molecular complexity index is 443. The third-order valence-electron chi connectivity index (χ3n) is 4.25. The number of halogens is 3. The Morgan fingerprint density at radius 3 is 2.52 bits per heavy atom. The molecule has 0 saturated carbocycles. The van der Waals surface area contributed by atoms with Gasteiger partial charge in [0.15, 0.2) is 11.6 Å². The van der Waals surface area contributed by atoms with Crippen molar-refractivity contribution in [3.05, 3.63) is 29.6 Å². The first kappa shape index (κ1) is 22.4. The lowest BCUT2D eigenvalue weighted by Gasteiger charge is -2.35. The van der Waals surface area contributed by atoms with Gasteiger partial charge in [-0.05, 0) is 12.5 Å². The van der Waals surface area contributed by atoms with E-state index < -0.39 is 0 Å². The molecule has 2 rings (SSSR count). The summed E-state index contributed by atoms with van der Waals surface area (Å²) in [4.78, 5) is 2.41. The van der Waals surface area contributed by atoms with Crippen LogP contribution in [0.1, 0.15) is 44.2 Å². The Balaban J connectivity index is 0.00000242. The van der Waals surface area contributed by atoms with Gasteiger partial charge in [0.05, 0.1) is 7.11 Å². The fraction of sp³-hybridized carbons (Fsp3) is 0.647. The molecule has 0 bridgehead atoms. The number of unbranched alkanes of at least 4 members (excludes halogenated alkanes) is 2. The van der Waals surface area contributed by atoms with Crippen molar-refractivity contribution < 1.29 is 9.13 Å². The van der Waals surface area contributed by atoms with E-state index in [0.29, 0.717) is 5.75 Å². The van der Waals surface area contributed by atoms with Gasteiger partial charge >= 0.3 is 0 Å². The Morgan fingerprint density at radius 2 is 1.91 bits per heavy atom. The molecular weight excluding hydrogens is 338 g/mol. The number of benzene rings is 1. The molecule has 0 aromatic heterocycles. The first-order valence-electron chi connectivity index (χ1n) is 8.05. The molecule has 0 radical (unpaired) electrons. The summed E-state index contributed by atoms with van der Waals surface area (Å²) >= 11 is 0. The second kappa shape index (κ2) is 11.9. The van der Waals surface area contributed by atoms with Crippen LogP contribution in [0.4, 0.5) is 4.39 Å². The largest absolute Gasteiger partial charge is 0.494 e. The van der Waals surface area contributed by atoms with Gasteiger partial charge in [-0.1, -0.05) is 38.3 Å². The van der Waals surface area contributed by atoms with E-state index >= 15 is 0 Å². The van der Waals surface area contributed by atoms with Crippen LogP contribution in [0.3, 0.4) is 0 Å². The molecule has 1 aromatic carbocycles. The molecule has 1 saturated heterocycles. The highest BCUT2D eigenvalue weighted by atomic mass is 35.5. The lowest BCUT2D eigenvalue weighted by molar-refractivity contribution is 0.159. The van der Waals surface area contributed by atoms with E-state index in [1.807, 2.05) is 12.1 Å². The number of rotatable bonds is 7. The van der Waals surface area contributed by atoms with E-state index in [1.54, 1.807) is 6.07 Å². The number of nitrogens with zero attached hydrogens (tertiary/aromatic N) is 1. The third-order valence-corrected chi connectivity index (χ3v) is 4.25. The summed E-state index contributed by atoms with van der Waals surface area (Å²) in [5.41, 5.74) is 0.785. The molecule has 1 N–H and O–H groups in total. The predicted molar refractivity (Wildman–Crippen MR) is 98.8 cm³/mol. The van der Waals surface area contributed by atoms with E-state index in [-0.39, 0.29) is 36.7 Å². The van der Waals surface area contributed by atoms with Gasteiger partial charge in [0, 0.05) is 37.8 Å². The van der Waals surface area contributed by atoms with Crippen LogP contribution in [0.2, 0.25) is 0 Å². The van der Waals surface area contributed by atoms with Gasteiger partial charge in [0.2, 0.25) is 0 Å². The lowest BCUT2D eigenvalue weighted by atomic mass is 9.97. The number of piperazine rings is 1. The molecule has 0 amide bonds. The molecule has 23 heavy (non-hydrogen) atoms. The lowest BCUT2D eigenvalue weighted by Crippen LogP contribution is -2.45. The number of methoxy groups -OCH3 is 1. The summed E-state index contributed by atoms with van der Waals surface area (Å²) in [6.07, 6.45) is 4.54. The minimum atomic E-state index is -0.194. The smallest absolute Gasteiger partial charge is 0.169 e. The van der Waals surface area contributed by atoms with Gasteiger partial charge in [-0.2, -0.15) is 0 Å². The maximum Gasteiger partial charge on any atom is 0.169 e. The van der Waals surface area contributed by atoms with Crippen LogP contribution in [-0.4, -0.2) is 38.2 Å². The van der Waals surface area contributed by atoms with Crippen LogP contribution in [0, 0.1) is 5.82 Å². The molecule has 1 fully saturated rings. The first-order chi connectivity index (χ1) is 10.3. The molecule has 1 aliphatic heterocycles. The van der Waals surface area contributed by atoms with Crippen molar-refractivity contribution in [2.45, 2.75) is 38.6 Å². The van der Waals surface area contributed by atoms with Gasteiger partial charge in [-0.3, -0.25) is 4.90 Å². The van der Waals surface area contributed by atoms with Crippen molar-refractivity contribution in [2.75, 3.05) is 33.3 Å². The van der Waals surface area contributed by atoms with Crippen molar-refractivity contribution in [1.29, 1.82) is 0 Å². The number of nitrogens with one attached hydrogen (secondary N) is 1. The SMILES string of the molecule is CCCCC[C@H](c1cccc(OC)c1F)N1CCNCC1.Cl.Cl. The fourth-order valence-electron chi connectivity index (χ4n) is 3.06. The molecule has 3 nitrogen and oxygen atoms in total. The molecule has 1 heterocycles. The molecule has 0 aliphatic carbocycles. The zero-order valence-electron chi connectivity index (χ0n) is 14.0. The highest BCUT2D eigenvalue weighted by Gasteiger charge is 2.25. The summed E-state index contributed by atoms with van der Waals surface area (Å²) in [5.74, 6) is 0.156. The predicted octanol–water partition coefficient (Wildman–Crippen LogP) is 4.20. The van der Waals surface area contributed by atoms with Crippen molar-refractivity contribution in [2.24, 2.45) is 0 Å². The van der Waals surface area contributed by atoms with Gasteiger partial charge in [-0.15, -0.1) is 24.8 Å². The topological polar surface area (TPSA) is 24.5 Å². The fourth-order valence-corrected chi connectivity index (χ4v) is 3.06. The number of ether oxygens (including phenoxy) is 1. The summed E-state index contributed by atoms with van der Waals surface area (Å²) in [5, 5.41) is 3.37. The van der Waals surface area contributed by atoms with Crippen LogP contribution in [-0.2, 0) is 0 Å². The minimum Gasteiger partial charge on any atom is -0.494 e. The maximum absolute atomic E-state index is 14.6. The minimum absolute atomic E-state index is 0. The Morgan fingerprint density at radius 1 is 1.22 bits per heavy atom. The molecule has 1 aromatic rings. The zero-order valence-corrected chi connectivity index (χ0v) is 15.6. The summed E-state index contributed by atoms with van der Waals surface area (Å²) in [6.45, 7) is 6.12.